The van der Waals surface area contributed by atoms with Gasteiger partial charge in [0.1, 0.15) is 0 Å². The maximum absolute atomic E-state index is 11.2. The third-order valence-corrected chi connectivity index (χ3v) is 4.10. The quantitative estimate of drug-likeness (QED) is 0.885. The van der Waals surface area contributed by atoms with E-state index in [-0.39, 0.29) is 6.79 Å². The predicted octanol–water partition coefficient (Wildman–Crippen LogP) is 2.11. The molecule has 0 aliphatic carbocycles. The molecular weight excluding hydrogens is 246 g/mol. The van der Waals surface area contributed by atoms with Gasteiger partial charge in [0.05, 0.1) is 5.41 Å². The molecular formula is C14H17NO4. The Balaban J connectivity index is 1.73. The van der Waals surface area contributed by atoms with Crippen LogP contribution in [0.15, 0.2) is 18.2 Å². The zero-order valence-corrected chi connectivity index (χ0v) is 10.9. The van der Waals surface area contributed by atoms with Crippen molar-refractivity contribution in [3.8, 4) is 11.5 Å². The number of carboxylic acid groups (broad SMARTS) is 1. The van der Waals surface area contributed by atoms with Gasteiger partial charge in [-0.1, -0.05) is 0 Å². The predicted molar refractivity (Wildman–Crippen MR) is 69.8 cm³/mol. The molecule has 0 spiro atoms. The average Bonchev–Trinajstić information content (AvgIpc) is 2.86. The number of anilines is 1. The summed E-state index contributed by atoms with van der Waals surface area (Å²) >= 11 is 0. The molecule has 0 radical (unpaired) electrons. The van der Waals surface area contributed by atoms with E-state index >= 15 is 0 Å². The Morgan fingerprint density at radius 1 is 1.26 bits per heavy atom. The fraction of sp³-hybridized carbons (Fsp3) is 0.500. The normalized spacial score (nSPS) is 20.4. The maximum Gasteiger partial charge on any atom is 0.309 e. The van der Waals surface area contributed by atoms with Gasteiger partial charge in [0.15, 0.2) is 11.5 Å². The Labute approximate surface area is 111 Å². The van der Waals surface area contributed by atoms with E-state index < -0.39 is 11.4 Å². The van der Waals surface area contributed by atoms with Crippen LogP contribution in [0.2, 0.25) is 0 Å². The largest absolute Gasteiger partial charge is 0.481 e. The first-order valence-corrected chi connectivity index (χ1v) is 6.46. The second-order valence-electron chi connectivity index (χ2n) is 5.39. The zero-order chi connectivity index (χ0) is 13.5. The summed E-state index contributed by atoms with van der Waals surface area (Å²) in [6.45, 7) is 3.60. The van der Waals surface area contributed by atoms with E-state index in [1.807, 2.05) is 25.1 Å². The average molecular weight is 263 g/mol. The lowest BCUT2D eigenvalue weighted by Crippen LogP contribution is -2.42. The molecule has 2 heterocycles. The third-order valence-electron chi connectivity index (χ3n) is 4.10. The Morgan fingerprint density at radius 3 is 2.63 bits per heavy atom. The SMILES string of the molecule is CC1(C(=O)O)CCN(c2ccc3c(c2)OCO3)CC1. The van der Waals surface area contributed by atoms with Crippen molar-refractivity contribution in [1.29, 1.82) is 0 Å². The van der Waals surface area contributed by atoms with E-state index in [4.69, 9.17) is 9.47 Å². The lowest BCUT2D eigenvalue weighted by Gasteiger charge is -2.37. The highest BCUT2D eigenvalue weighted by molar-refractivity contribution is 5.74. The Kier molecular flexibility index (Phi) is 2.77. The van der Waals surface area contributed by atoms with Crippen molar-refractivity contribution < 1.29 is 19.4 Å². The van der Waals surface area contributed by atoms with Crippen molar-refractivity contribution in [2.75, 3.05) is 24.8 Å². The smallest absolute Gasteiger partial charge is 0.309 e. The number of nitrogens with zero attached hydrogens (tertiary/aromatic N) is 1. The molecule has 0 bridgehead atoms. The summed E-state index contributed by atoms with van der Waals surface area (Å²) in [5, 5.41) is 9.23. The van der Waals surface area contributed by atoms with Crippen LogP contribution in [0, 0.1) is 5.41 Å². The maximum atomic E-state index is 11.2. The van der Waals surface area contributed by atoms with Crippen molar-refractivity contribution in [2.24, 2.45) is 5.41 Å². The van der Waals surface area contributed by atoms with Gasteiger partial charge in [-0.3, -0.25) is 4.79 Å². The summed E-state index contributed by atoms with van der Waals surface area (Å²) in [7, 11) is 0. The minimum absolute atomic E-state index is 0.274. The molecule has 0 amide bonds. The molecule has 102 valence electrons. The number of fused-ring (bicyclic) bond motifs is 1. The summed E-state index contributed by atoms with van der Waals surface area (Å²) in [5.74, 6) is 0.845. The summed E-state index contributed by atoms with van der Waals surface area (Å²) in [5.41, 5.74) is 0.476. The molecule has 1 aromatic rings. The number of piperidine rings is 1. The summed E-state index contributed by atoms with van der Waals surface area (Å²) < 4.78 is 10.7. The number of ether oxygens (including phenoxy) is 2. The molecule has 0 atom stereocenters. The molecule has 0 unspecified atom stereocenters. The van der Waals surface area contributed by atoms with Gasteiger partial charge in [0.2, 0.25) is 6.79 Å². The molecule has 3 rings (SSSR count). The van der Waals surface area contributed by atoms with Crippen LogP contribution in [-0.2, 0) is 4.79 Å². The molecule has 2 aliphatic rings. The number of carboxylic acids is 1. The molecule has 1 fully saturated rings. The third kappa shape index (κ3) is 2.09. The highest BCUT2D eigenvalue weighted by Gasteiger charge is 2.37. The highest BCUT2D eigenvalue weighted by atomic mass is 16.7. The van der Waals surface area contributed by atoms with Crippen LogP contribution in [0.25, 0.3) is 0 Å². The second-order valence-corrected chi connectivity index (χ2v) is 5.39. The number of hydrogen-bond acceptors (Lipinski definition) is 4. The standard InChI is InChI=1S/C14H17NO4/c1-14(13(16)17)4-6-15(7-5-14)10-2-3-11-12(8-10)19-9-18-11/h2-3,8H,4-7,9H2,1H3,(H,16,17). The number of carbonyl (C=O) groups is 1. The van der Waals surface area contributed by atoms with Gasteiger partial charge in [0, 0.05) is 24.8 Å². The monoisotopic (exact) mass is 263 g/mol. The van der Waals surface area contributed by atoms with Gasteiger partial charge in [-0.15, -0.1) is 0 Å². The van der Waals surface area contributed by atoms with E-state index in [0.29, 0.717) is 12.8 Å². The second kappa shape index (κ2) is 4.33. The number of rotatable bonds is 2. The Morgan fingerprint density at radius 2 is 1.95 bits per heavy atom. The van der Waals surface area contributed by atoms with Crippen LogP contribution in [0.1, 0.15) is 19.8 Å². The van der Waals surface area contributed by atoms with Gasteiger partial charge < -0.3 is 19.5 Å². The van der Waals surface area contributed by atoms with Gasteiger partial charge in [0.25, 0.3) is 0 Å². The first kappa shape index (κ1) is 12.1. The topological polar surface area (TPSA) is 59.0 Å². The fourth-order valence-electron chi connectivity index (χ4n) is 2.55. The zero-order valence-electron chi connectivity index (χ0n) is 10.9. The molecule has 2 aliphatic heterocycles. The Bertz CT molecular complexity index is 506. The molecule has 0 saturated carbocycles. The number of hydrogen-bond donors (Lipinski definition) is 1. The van der Waals surface area contributed by atoms with Gasteiger partial charge in [-0.2, -0.15) is 0 Å². The summed E-state index contributed by atoms with van der Waals surface area (Å²) in [6, 6.07) is 5.87. The molecule has 0 aromatic heterocycles. The lowest BCUT2D eigenvalue weighted by molar-refractivity contribution is -0.149. The van der Waals surface area contributed by atoms with Crippen LogP contribution in [0.5, 0.6) is 11.5 Å². The van der Waals surface area contributed by atoms with Crippen molar-refractivity contribution in [3.63, 3.8) is 0 Å². The first-order valence-electron chi connectivity index (χ1n) is 6.46. The minimum atomic E-state index is -0.696. The highest BCUT2D eigenvalue weighted by Crippen LogP contribution is 2.38. The number of benzene rings is 1. The number of aliphatic carboxylic acids is 1. The summed E-state index contributed by atoms with van der Waals surface area (Å²) in [6.07, 6.45) is 1.33. The van der Waals surface area contributed by atoms with Crippen LogP contribution in [0.4, 0.5) is 5.69 Å². The van der Waals surface area contributed by atoms with Gasteiger partial charge in [-0.05, 0) is 31.9 Å². The van der Waals surface area contributed by atoms with Crippen LogP contribution in [-0.4, -0.2) is 31.0 Å². The van der Waals surface area contributed by atoms with E-state index in [1.54, 1.807) is 0 Å². The van der Waals surface area contributed by atoms with E-state index in [9.17, 15) is 9.90 Å². The van der Waals surface area contributed by atoms with Crippen molar-refractivity contribution in [2.45, 2.75) is 19.8 Å². The molecule has 1 saturated heterocycles. The summed E-state index contributed by atoms with van der Waals surface area (Å²) in [4.78, 5) is 13.4. The minimum Gasteiger partial charge on any atom is -0.481 e. The first-order chi connectivity index (χ1) is 9.08. The van der Waals surface area contributed by atoms with Gasteiger partial charge >= 0.3 is 5.97 Å². The van der Waals surface area contributed by atoms with Crippen molar-refractivity contribution in [1.82, 2.24) is 0 Å². The van der Waals surface area contributed by atoms with Crippen molar-refractivity contribution >= 4 is 11.7 Å². The molecule has 19 heavy (non-hydrogen) atoms. The molecule has 1 aromatic carbocycles. The van der Waals surface area contributed by atoms with E-state index in [1.165, 1.54) is 0 Å². The van der Waals surface area contributed by atoms with E-state index in [2.05, 4.69) is 4.90 Å². The van der Waals surface area contributed by atoms with E-state index in [0.717, 1.165) is 30.3 Å². The lowest BCUT2D eigenvalue weighted by atomic mass is 9.80. The molecule has 1 N–H and O–H groups in total. The van der Waals surface area contributed by atoms with Crippen LogP contribution in [0.3, 0.4) is 0 Å². The van der Waals surface area contributed by atoms with Crippen LogP contribution < -0.4 is 14.4 Å². The van der Waals surface area contributed by atoms with Gasteiger partial charge in [-0.25, -0.2) is 0 Å². The Hall–Kier alpha value is -1.91. The fourth-order valence-corrected chi connectivity index (χ4v) is 2.55. The van der Waals surface area contributed by atoms with Crippen molar-refractivity contribution in [3.05, 3.63) is 18.2 Å². The molecule has 5 nitrogen and oxygen atoms in total. The molecule has 5 heteroatoms. The van der Waals surface area contributed by atoms with Crippen LogP contribution >= 0.6 is 0 Å².